The lowest BCUT2D eigenvalue weighted by Crippen LogP contribution is -2.36. The molecule has 120 valence electrons. The molecule has 0 saturated carbocycles. The fraction of sp³-hybridized carbons (Fsp3) is 0.526. The van der Waals surface area contributed by atoms with E-state index in [0.717, 1.165) is 62.6 Å². The summed E-state index contributed by atoms with van der Waals surface area (Å²) in [5.74, 6) is 1.70. The van der Waals surface area contributed by atoms with Gasteiger partial charge in [-0.15, -0.1) is 0 Å². The summed E-state index contributed by atoms with van der Waals surface area (Å²) in [6.07, 6.45) is 7.93. The van der Waals surface area contributed by atoms with Crippen LogP contribution < -0.4 is 4.74 Å². The minimum absolute atomic E-state index is 0.107. The zero-order valence-electron chi connectivity index (χ0n) is 13.8. The lowest BCUT2D eigenvalue weighted by molar-refractivity contribution is -0.127. The monoisotopic (exact) mass is 301 g/mol. The van der Waals surface area contributed by atoms with E-state index in [-0.39, 0.29) is 5.91 Å². The Labute approximate surface area is 134 Å². The van der Waals surface area contributed by atoms with Crippen molar-refractivity contribution in [2.24, 2.45) is 5.92 Å². The summed E-state index contributed by atoms with van der Waals surface area (Å²) in [6, 6.07) is 7.89. The fourth-order valence-electron chi connectivity index (χ4n) is 2.57. The highest BCUT2D eigenvalue weighted by atomic mass is 16.5. The van der Waals surface area contributed by atoms with Crippen molar-refractivity contribution >= 4 is 12.0 Å². The van der Waals surface area contributed by atoms with Crippen molar-refractivity contribution in [1.29, 1.82) is 0 Å². The van der Waals surface area contributed by atoms with Crippen LogP contribution >= 0.6 is 0 Å². The Bertz CT molecular complexity index is 502. The van der Waals surface area contributed by atoms with Crippen LogP contribution in [0.4, 0.5) is 0 Å². The number of unbranched alkanes of at least 4 members (excludes halogenated alkanes) is 1. The van der Waals surface area contributed by atoms with E-state index in [1.165, 1.54) is 0 Å². The van der Waals surface area contributed by atoms with E-state index in [9.17, 15) is 4.79 Å². The van der Waals surface area contributed by atoms with Gasteiger partial charge in [-0.2, -0.15) is 0 Å². The van der Waals surface area contributed by atoms with Gasteiger partial charge in [0.25, 0.3) is 0 Å². The summed E-state index contributed by atoms with van der Waals surface area (Å²) >= 11 is 0. The number of hydrogen-bond donors (Lipinski definition) is 0. The summed E-state index contributed by atoms with van der Waals surface area (Å²) in [5, 5.41) is 0. The average Bonchev–Trinajstić information content (AvgIpc) is 2.54. The summed E-state index contributed by atoms with van der Waals surface area (Å²) < 4.78 is 5.79. The zero-order valence-corrected chi connectivity index (χ0v) is 13.8. The summed E-state index contributed by atoms with van der Waals surface area (Å²) in [6.45, 7) is 6.87. The minimum Gasteiger partial charge on any atom is -0.493 e. The molecule has 0 spiro atoms. The number of hydrogen-bond acceptors (Lipinski definition) is 2. The third kappa shape index (κ3) is 4.90. The third-order valence-corrected chi connectivity index (χ3v) is 4.18. The van der Waals surface area contributed by atoms with Gasteiger partial charge >= 0.3 is 0 Å². The highest BCUT2D eigenvalue weighted by Crippen LogP contribution is 2.21. The topological polar surface area (TPSA) is 29.5 Å². The van der Waals surface area contributed by atoms with Crippen LogP contribution in [0.15, 0.2) is 30.3 Å². The molecule has 0 aromatic heterocycles. The second kappa shape index (κ2) is 8.62. The van der Waals surface area contributed by atoms with Crippen molar-refractivity contribution in [3.63, 3.8) is 0 Å². The van der Waals surface area contributed by atoms with E-state index >= 15 is 0 Å². The van der Waals surface area contributed by atoms with Crippen LogP contribution in [-0.2, 0) is 4.79 Å². The van der Waals surface area contributed by atoms with Gasteiger partial charge < -0.3 is 9.64 Å². The predicted molar refractivity (Wildman–Crippen MR) is 90.9 cm³/mol. The molecule has 1 saturated heterocycles. The van der Waals surface area contributed by atoms with Crippen LogP contribution in [0.3, 0.4) is 0 Å². The SMILES string of the molecule is CCCCOc1ccccc1/C=C/C(=O)N1CCC(C)CC1. The Kier molecular flexibility index (Phi) is 6.50. The van der Waals surface area contributed by atoms with Crippen molar-refractivity contribution in [3.8, 4) is 5.75 Å². The Balaban J connectivity index is 1.95. The number of piperidine rings is 1. The molecule has 1 amide bonds. The molecule has 0 N–H and O–H groups in total. The van der Waals surface area contributed by atoms with Gasteiger partial charge in [-0.05, 0) is 37.3 Å². The van der Waals surface area contributed by atoms with Crippen LogP contribution in [0.1, 0.15) is 45.1 Å². The molecular weight excluding hydrogens is 274 g/mol. The first kappa shape index (κ1) is 16.6. The summed E-state index contributed by atoms with van der Waals surface area (Å²) in [4.78, 5) is 14.2. The van der Waals surface area contributed by atoms with E-state index in [2.05, 4.69) is 13.8 Å². The van der Waals surface area contributed by atoms with Gasteiger partial charge in [0.2, 0.25) is 5.91 Å². The number of rotatable bonds is 6. The molecule has 3 nitrogen and oxygen atoms in total. The van der Waals surface area contributed by atoms with Crippen LogP contribution in [0.5, 0.6) is 5.75 Å². The Hall–Kier alpha value is -1.77. The zero-order chi connectivity index (χ0) is 15.8. The van der Waals surface area contributed by atoms with E-state index in [4.69, 9.17) is 4.74 Å². The van der Waals surface area contributed by atoms with Crippen LogP contribution in [0, 0.1) is 5.92 Å². The van der Waals surface area contributed by atoms with E-state index in [0.29, 0.717) is 0 Å². The first-order chi connectivity index (χ1) is 10.7. The molecule has 22 heavy (non-hydrogen) atoms. The second-order valence-electron chi connectivity index (χ2n) is 6.08. The summed E-state index contributed by atoms with van der Waals surface area (Å²) in [5.41, 5.74) is 0.970. The second-order valence-corrected chi connectivity index (χ2v) is 6.08. The van der Waals surface area contributed by atoms with Gasteiger partial charge in [0.15, 0.2) is 0 Å². The highest BCUT2D eigenvalue weighted by Gasteiger charge is 2.18. The lowest BCUT2D eigenvalue weighted by atomic mass is 9.99. The maximum Gasteiger partial charge on any atom is 0.246 e. The van der Waals surface area contributed by atoms with Gasteiger partial charge in [0.05, 0.1) is 6.61 Å². The smallest absolute Gasteiger partial charge is 0.246 e. The van der Waals surface area contributed by atoms with Crippen molar-refractivity contribution < 1.29 is 9.53 Å². The molecule has 1 aliphatic heterocycles. The van der Waals surface area contributed by atoms with Crippen LogP contribution in [0.2, 0.25) is 0 Å². The molecule has 2 rings (SSSR count). The highest BCUT2D eigenvalue weighted by molar-refractivity contribution is 5.92. The van der Waals surface area contributed by atoms with E-state index in [1.54, 1.807) is 6.08 Å². The van der Waals surface area contributed by atoms with Crippen molar-refractivity contribution in [3.05, 3.63) is 35.9 Å². The van der Waals surface area contributed by atoms with Crippen LogP contribution in [0.25, 0.3) is 6.08 Å². The number of nitrogens with zero attached hydrogens (tertiary/aromatic N) is 1. The molecule has 0 radical (unpaired) electrons. The molecular formula is C19H27NO2. The molecule has 1 heterocycles. The van der Waals surface area contributed by atoms with Crippen molar-refractivity contribution in [2.75, 3.05) is 19.7 Å². The lowest BCUT2D eigenvalue weighted by Gasteiger charge is -2.29. The number of carbonyl (C=O) groups is 1. The quantitative estimate of drug-likeness (QED) is 0.584. The van der Waals surface area contributed by atoms with Gasteiger partial charge in [-0.25, -0.2) is 0 Å². The van der Waals surface area contributed by atoms with Gasteiger partial charge in [0, 0.05) is 24.7 Å². The third-order valence-electron chi connectivity index (χ3n) is 4.18. The number of amides is 1. The van der Waals surface area contributed by atoms with Gasteiger partial charge in [-0.1, -0.05) is 38.5 Å². The van der Waals surface area contributed by atoms with Gasteiger partial charge in [-0.3, -0.25) is 4.79 Å². The fourth-order valence-corrected chi connectivity index (χ4v) is 2.57. The number of para-hydroxylation sites is 1. The van der Waals surface area contributed by atoms with Crippen LogP contribution in [-0.4, -0.2) is 30.5 Å². The number of ether oxygens (including phenoxy) is 1. The molecule has 0 bridgehead atoms. The van der Waals surface area contributed by atoms with Crippen molar-refractivity contribution in [1.82, 2.24) is 4.90 Å². The Morgan fingerprint density at radius 1 is 1.32 bits per heavy atom. The average molecular weight is 301 g/mol. The predicted octanol–water partition coefficient (Wildman–Crippen LogP) is 4.14. The molecule has 0 aliphatic carbocycles. The normalized spacial score (nSPS) is 16.2. The molecule has 3 heteroatoms. The maximum atomic E-state index is 12.2. The standard InChI is InChI=1S/C19H27NO2/c1-3-4-15-22-18-8-6-5-7-17(18)9-10-19(21)20-13-11-16(2)12-14-20/h5-10,16H,3-4,11-15H2,1-2H3/b10-9+. The van der Waals surface area contributed by atoms with Crippen molar-refractivity contribution in [2.45, 2.75) is 39.5 Å². The summed E-state index contributed by atoms with van der Waals surface area (Å²) in [7, 11) is 0. The van der Waals surface area contributed by atoms with Gasteiger partial charge in [0.1, 0.15) is 5.75 Å². The van der Waals surface area contributed by atoms with E-state index < -0.39 is 0 Å². The largest absolute Gasteiger partial charge is 0.493 e. The molecule has 0 atom stereocenters. The number of benzene rings is 1. The number of carbonyl (C=O) groups excluding carboxylic acids is 1. The number of likely N-dealkylation sites (tertiary alicyclic amines) is 1. The molecule has 1 aromatic rings. The minimum atomic E-state index is 0.107. The van der Waals surface area contributed by atoms with E-state index in [1.807, 2.05) is 35.2 Å². The Morgan fingerprint density at radius 3 is 2.77 bits per heavy atom. The molecule has 0 unspecified atom stereocenters. The molecule has 1 aliphatic rings. The molecule has 1 fully saturated rings. The molecule has 1 aromatic carbocycles. The first-order valence-electron chi connectivity index (χ1n) is 8.39. The first-order valence-corrected chi connectivity index (χ1v) is 8.39. The Morgan fingerprint density at radius 2 is 2.05 bits per heavy atom. The maximum absolute atomic E-state index is 12.2.